The second-order valence-electron chi connectivity index (χ2n) is 11.4. The van der Waals surface area contributed by atoms with Gasteiger partial charge in [-0.05, 0) is 69.9 Å². The summed E-state index contributed by atoms with van der Waals surface area (Å²) in [6.45, 7) is 0.632. The Morgan fingerprint density at radius 1 is 0.513 bits per heavy atom. The van der Waals surface area contributed by atoms with Crippen molar-refractivity contribution in [3.05, 3.63) is 24.3 Å². The van der Waals surface area contributed by atoms with E-state index in [0.29, 0.717) is 13.2 Å². The Morgan fingerprint density at radius 2 is 0.821 bits per heavy atom. The number of carbonyl (C=O) groups is 2. The fourth-order valence-corrected chi connectivity index (χ4v) is 5.37. The molecule has 226 valence electrons. The summed E-state index contributed by atoms with van der Waals surface area (Å²) in [5.41, 5.74) is 0. The van der Waals surface area contributed by atoms with Crippen molar-refractivity contribution >= 4 is 11.8 Å². The third-order valence-electron chi connectivity index (χ3n) is 7.77. The van der Waals surface area contributed by atoms with E-state index in [4.69, 9.17) is 10.2 Å². The highest BCUT2D eigenvalue weighted by Crippen LogP contribution is 2.19. The molecule has 0 heterocycles. The number of nitrogens with one attached hydrogen (secondary N) is 2. The highest BCUT2D eigenvalue weighted by Gasteiger charge is 2.28. The number of aliphatic hydroxyl groups is 2. The van der Waals surface area contributed by atoms with Crippen molar-refractivity contribution in [1.29, 1.82) is 0 Å². The van der Waals surface area contributed by atoms with Crippen LogP contribution in [0.2, 0.25) is 0 Å². The minimum atomic E-state index is -0.0512. The average Bonchev–Trinajstić information content (AvgIpc) is 3.35. The molecule has 0 aromatic heterocycles. The number of rotatable bonds is 26. The number of aliphatic hydroxyl groups excluding tert-OH is 2. The van der Waals surface area contributed by atoms with Crippen LogP contribution in [0, 0.1) is 0 Å². The lowest BCUT2D eigenvalue weighted by Gasteiger charge is -2.21. The van der Waals surface area contributed by atoms with Crippen LogP contribution in [0.15, 0.2) is 24.3 Å². The van der Waals surface area contributed by atoms with Gasteiger partial charge in [-0.3, -0.25) is 9.59 Å². The molecule has 0 aromatic carbocycles. The topological polar surface area (TPSA) is 98.7 Å². The fraction of sp³-hybridized carbons (Fsp3) is 0.818. The first kappa shape index (κ1) is 35.4. The van der Waals surface area contributed by atoms with Crippen LogP contribution in [0.4, 0.5) is 0 Å². The Hall–Kier alpha value is -1.66. The minimum Gasteiger partial charge on any atom is -0.396 e. The van der Waals surface area contributed by atoms with Gasteiger partial charge < -0.3 is 20.8 Å². The summed E-state index contributed by atoms with van der Waals surface area (Å²) >= 11 is 0. The quantitative estimate of drug-likeness (QED) is 0.0688. The van der Waals surface area contributed by atoms with Crippen LogP contribution in [0.25, 0.3) is 0 Å². The van der Waals surface area contributed by atoms with Gasteiger partial charge in [0.25, 0.3) is 0 Å². The average molecular weight is 549 g/mol. The van der Waals surface area contributed by atoms with Crippen molar-refractivity contribution in [3.63, 3.8) is 0 Å². The van der Waals surface area contributed by atoms with Crippen LogP contribution in [0.5, 0.6) is 0 Å². The minimum absolute atomic E-state index is 0.0144. The monoisotopic (exact) mass is 548 g/mol. The molecular weight excluding hydrogens is 488 g/mol. The Bertz CT molecular complexity index is 596. The molecule has 0 aromatic rings. The molecule has 0 aliphatic heterocycles. The third-order valence-corrected chi connectivity index (χ3v) is 7.77. The van der Waals surface area contributed by atoms with Crippen molar-refractivity contribution in [3.8, 4) is 0 Å². The molecule has 1 saturated carbocycles. The third kappa shape index (κ3) is 21.8. The highest BCUT2D eigenvalue weighted by molar-refractivity contribution is 5.89. The molecule has 0 saturated heterocycles. The van der Waals surface area contributed by atoms with Gasteiger partial charge in [-0.15, -0.1) is 0 Å². The van der Waals surface area contributed by atoms with Crippen LogP contribution in [0.3, 0.4) is 0 Å². The van der Waals surface area contributed by atoms with Crippen molar-refractivity contribution in [2.45, 2.75) is 160 Å². The maximum absolute atomic E-state index is 12.4. The summed E-state index contributed by atoms with van der Waals surface area (Å²) in [6.07, 6.45) is 33.5. The first-order chi connectivity index (χ1) is 19.2. The van der Waals surface area contributed by atoms with E-state index < -0.39 is 0 Å². The van der Waals surface area contributed by atoms with Gasteiger partial charge >= 0.3 is 0 Å². The number of amides is 2. The van der Waals surface area contributed by atoms with Crippen molar-refractivity contribution in [2.75, 3.05) is 13.2 Å². The van der Waals surface area contributed by atoms with E-state index in [1.807, 2.05) is 12.2 Å². The molecule has 6 nitrogen and oxygen atoms in total. The summed E-state index contributed by atoms with van der Waals surface area (Å²) < 4.78 is 0. The fourth-order valence-electron chi connectivity index (χ4n) is 5.37. The molecule has 39 heavy (non-hydrogen) atoms. The first-order valence-corrected chi connectivity index (χ1v) is 16.3. The van der Waals surface area contributed by atoms with Crippen molar-refractivity contribution in [2.24, 2.45) is 0 Å². The first-order valence-electron chi connectivity index (χ1n) is 16.3. The lowest BCUT2D eigenvalue weighted by Crippen LogP contribution is -2.47. The zero-order valence-corrected chi connectivity index (χ0v) is 24.9. The normalized spacial score (nSPS) is 17.4. The molecule has 0 spiro atoms. The SMILES string of the molecule is O=C(C=CCCCCCCCCCCCO)NC1CCCC1NC(=O)C=CCCCCCCCCCCCO. The van der Waals surface area contributed by atoms with Gasteiger partial charge in [-0.25, -0.2) is 0 Å². The van der Waals surface area contributed by atoms with E-state index in [9.17, 15) is 9.59 Å². The predicted octanol–water partition coefficient (Wildman–Crippen LogP) is 7.04. The van der Waals surface area contributed by atoms with Crippen LogP contribution in [-0.4, -0.2) is 47.3 Å². The number of hydrogen-bond donors (Lipinski definition) is 4. The summed E-state index contributed by atoms with van der Waals surface area (Å²) in [7, 11) is 0. The lowest BCUT2D eigenvalue weighted by molar-refractivity contribution is -0.119. The molecular formula is C33H60N2O4. The van der Waals surface area contributed by atoms with E-state index in [-0.39, 0.29) is 23.9 Å². The second-order valence-corrected chi connectivity index (χ2v) is 11.4. The molecule has 1 fully saturated rings. The maximum atomic E-state index is 12.4. The zero-order chi connectivity index (χ0) is 28.2. The van der Waals surface area contributed by atoms with Gasteiger partial charge in [-0.1, -0.05) is 102 Å². The maximum Gasteiger partial charge on any atom is 0.243 e. The smallest absolute Gasteiger partial charge is 0.243 e. The molecule has 2 unspecified atom stereocenters. The molecule has 6 heteroatoms. The van der Waals surface area contributed by atoms with Crippen molar-refractivity contribution in [1.82, 2.24) is 10.6 Å². The molecule has 2 atom stereocenters. The van der Waals surface area contributed by atoms with E-state index in [1.165, 1.54) is 77.0 Å². The summed E-state index contributed by atoms with van der Waals surface area (Å²) in [5, 5.41) is 23.8. The van der Waals surface area contributed by atoms with Crippen LogP contribution < -0.4 is 10.6 Å². The second kappa shape index (κ2) is 26.6. The molecule has 1 rings (SSSR count). The zero-order valence-electron chi connectivity index (χ0n) is 24.9. The molecule has 0 radical (unpaired) electrons. The molecule has 1 aliphatic rings. The molecule has 0 bridgehead atoms. The summed E-state index contributed by atoms with van der Waals surface area (Å²) in [6, 6.07) is 0.0287. The van der Waals surface area contributed by atoms with Gasteiger partial charge in [0.2, 0.25) is 11.8 Å². The van der Waals surface area contributed by atoms with Gasteiger partial charge in [0.15, 0.2) is 0 Å². The Kier molecular flexibility index (Phi) is 24.1. The Balaban J connectivity index is 2.05. The highest BCUT2D eigenvalue weighted by atomic mass is 16.3. The van der Waals surface area contributed by atoms with E-state index in [0.717, 1.165) is 70.6 Å². The van der Waals surface area contributed by atoms with Gasteiger partial charge in [-0.2, -0.15) is 0 Å². The standard InChI is InChI=1S/C33H60N2O4/c36-28-21-17-13-9-5-1-3-7-11-15-19-26-32(38)34-30-24-23-25-31(30)35-33(39)27-20-16-12-8-4-2-6-10-14-18-22-29-37/h19-20,26-27,30-31,36-37H,1-18,21-25,28-29H2,(H,34,38)(H,35,39). The Morgan fingerprint density at radius 3 is 1.15 bits per heavy atom. The summed E-state index contributed by atoms with van der Waals surface area (Å²) in [5.74, 6) is -0.102. The number of carbonyl (C=O) groups excluding carboxylic acids is 2. The molecule has 4 N–H and O–H groups in total. The van der Waals surface area contributed by atoms with E-state index >= 15 is 0 Å². The van der Waals surface area contributed by atoms with Gasteiger partial charge in [0.05, 0.1) is 0 Å². The van der Waals surface area contributed by atoms with Gasteiger partial charge in [0, 0.05) is 25.3 Å². The van der Waals surface area contributed by atoms with Crippen LogP contribution in [0.1, 0.15) is 148 Å². The number of hydrogen-bond acceptors (Lipinski definition) is 4. The molecule has 2 amide bonds. The van der Waals surface area contributed by atoms with Crippen LogP contribution >= 0.6 is 0 Å². The lowest BCUT2D eigenvalue weighted by atomic mass is 10.1. The number of allylic oxidation sites excluding steroid dienone is 2. The van der Waals surface area contributed by atoms with E-state index in [2.05, 4.69) is 10.6 Å². The molecule has 1 aliphatic carbocycles. The number of unbranched alkanes of at least 4 members (excludes halogenated alkanes) is 18. The largest absolute Gasteiger partial charge is 0.396 e. The van der Waals surface area contributed by atoms with Crippen molar-refractivity contribution < 1.29 is 19.8 Å². The Labute approximate surface area is 239 Å². The summed E-state index contributed by atoms with van der Waals surface area (Å²) in [4.78, 5) is 24.7. The predicted molar refractivity (Wildman–Crippen MR) is 163 cm³/mol. The van der Waals surface area contributed by atoms with Crippen LogP contribution in [-0.2, 0) is 9.59 Å². The van der Waals surface area contributed by atoms with Gasteiger partial charge in [0.1, 0.15) is 0 Å². The van der Waals surface area contributed by atoms with E-state index in [1.54, 1.807) is 12.2 Å².